The fraction of sp³-hybridized carbons (Fsp3) is 0.125. The van der Waals surface area contributed by atoms with E-state index in [-0.39, 0.29) is 10.8 Å². The maximum atomic E-state index is 2.54. The van der Waals surface area contributed by atoms with Gasteiger partial charge in [-0.05, 0) is 134 Å². The fourth-order valence-electron chi connectivity index (χ4n) is 11.9. The molecular formula is C64H53N2+. The van der Waals surface area contributed by atoms with Crippen LogP contribution < -0.4 is 9.38 Å². The lowest BCUT2D eigenvalue weighted by Gasteiger charge is -2.38. The molecule has 0 amide bonds. The highest BCUT2D eigenvalue weighted by molar-refractivity contribution is 6.11. The molecule has 0 radical (unpaired) electrons. The molecule has 2 heteroatoms. The van der Waals surface area contributed by atoms with Crippen molar-refractivity contribution in [1.82, 2.24) is 4.48 Å². The van der Waals surface area contributed by atoms with Gasteiger partial charge in [-0.3, -0.25) is 0 Å². The lowest BCUT2D eigenvalue weighted by molar-refractivity contribution is 0.546. The van der Waals surface area contributed by atoms with E-state index < -0.39 is 0 Å². The van der Waals surface area contributed by atoms with Crippen molar-refractivity contribution in [1.29, 1.82) is 0 Å². The number of benzene rings is 10. The Labute approximate surface area is 389 Å². The molecule has 1 atom stereocenters. The summed E-state index contributed by atoms with van der Waals surface area (Å²) in [6.45, 7) is 12.7. The van der Waals surface area contributed by atoms with Crippen LogP contribution in [0.5, 0.6) is 0 Å². The number of fused-ring (bicyclic) bond motifs is 10. The molecule has 2 aliphatic carbocycles. The first-order valence-corrected chi connectivity index (χ1v) is 23.5. The number of hydrogen-bond donors (Lipinski definition) is 0. The third-order valence-electron chi connectivity index (χ3n) is 15.2. The number of nitrogens with zero attached hydrogens (tertiary/aromatic N) is 2. The van der Waals surface area contributed by atoms with Gasteiger partial charge in [0.05, 0.1) is 12.2 Å². The van der Waals surface area contributed by atoms with Crippen LogP contribution in [0.25, 0.3) is 54.9 Å². The first-order valence-electron chi connectivity index (χ1n) is 23.5. The van der Waals surface area contributed by atoms with Crippen LogP contribution in [-0.2, 0) is 10.8 Å². The van der Waals surface area contributed by atoms with Crippen molar-refractivity contribution in [3.05, 3.63) is 241 Å². The summed E-state index contributed by atoms with van der Waals surface area (Å²) < 4.78 is 0.600. The standard InChI is InChI=1S/C64H53N2/c1-6-66(47-23-11-8-12-24-47,60-42-58-62(52-28-16-14-26-50(52)60)54-30-18-20-32-56(54)64(58,4)5)48-39-35-44(36-40-48)43-33-37-46(38-34-43)65(45-21-9-7-10-22-45)59-41-57-61(51-27-15-13-25-49(51)59)53-29-17-19-31-55(53)63(57,2)3/h7-42H,6H2,1-5H3/q+1. The maximum Gasteiger partial charge on any atom is 0.151 e. The second-order valence-electron chi connectivity index (χ2n) is 19.3. The molecule has 0 N–H and O–H groups in total. The number of hydrogen-bond acceptors (Lipinski definition) is 1. The molecule has 0 saturated heterocycles. The van der Waals surface area contributed by atoms with Crippen molar-refractivity contribution in [2.24, 2.45) is 0 Å². The summed E-state index contributed by atoms with van der Waals surface area (Å²) in [5, 5.41) is 5.14. The minimum atomic E-state index is -0.132. The number of anilines is 3. The van der Waals surface area contributed by atoms with Crippen molar-refractivity contribution >= 4 is 55.7 Å². The lowest BCUT2D eigenvalue weighted by Crippen LogP contribution is -2.39. The molecule has 0 saturated carbocycles. The molecule has 0 heterocycles. The van der Waals surface area contributed by atoms with Crippen molar-refractivity contribution in [3.8, 4) is 33.4 Å². The Kier molecular flexibility index (Phi) is 9.11. The van der Waals surface area contributed by atoms with Crippen LogP contribution in [-0.4, -0.2) is 6.54 Å². The molecular weight excluding hydrogens is 797 g/mol. The topological polar surface area (TPSA) is 3.24 Å². The van der Waals surface area contributed by atoms with Crippen molar-refractivity contribution in [3.63, 3.8) is 0 Å². The van der Waals surface area contributed by atoms with E-state index in [1.165, 1.54) is 99.9 Å². The molecule has 0 fully saturated rings. The number of para-hydroxylation sites is 2. The molecule has 0 bridgehead atoms. The van der Waals surface area contributed by atoms with Gasteiger partial charge in [0.15, 0.2) is 5.69 Å². The molecule has 1 unspecified atom stereocenters. The van der Waals surface area contributed by atoms with Crippen LogP contribution >= 0.6 is 0 Å². The minimum absolute atomic E-state index is 0.131. The summed E-state index contributed by atoms with van der Waals surface area (Å²) >= 11 is 0. The predicted octanol–water partition coefficient (Wildman–Crippen LogP) is 17.7. The molecule has 318 valence electrons. The molecule has 10 aromatic carbocycles. The zero-order valence-electron chi connectivity index (χ0n) is 38.4. The average molecular weight is 850 g/mol. The highest BCUT2D eigenvalue weighted by atomic mass is 15.4. The molecule has 10 aromatic rings. The SMILES string of the molecule is CC[N+](c1ccccc1)(c1ccc(-c2ccc(N(c3ccccc3)c3cc4c(c5ccccc35)-c3ccccc3C4(C)C)cc2)cc1)c1cc2c(c3ccccc13)-c1ccccc1C2(C)C. The van der Waals surface area contributed by atoms with Crippen LogP contribution in [0.15, 0.2) is 218 Å². The largest absolute Gasteiger partial charge is 0.310 e. The Bertz CT molecular complexity index is 3490. The van der Waals surface area contributed by atoms with Gasteiger partial charge in [0, 0.05) is 51.2 Å². The minimum Gasteiger partial charge on any atom is -0.310 e. The van der Waals surface area contributed by atoms with E-state index in [0.717, 1.165) is 17.9 Å². The zero-order valence-corrected chi connectivity index (χ0v) is 38.4. The first-order chi connectivity index (χ1) is 32.2. The second-order valence-corrected chi connectivity index (χ2v) is 19.3. The average Bonchev–Trinajstić information content (AvgIpc) is 3.75. The van der Waals surface area contributed by atoms with E-state index in [4.69, 9.17) is 0 Å². The Morgan fingerprint density at radius 1 is 0.379 bits per heavy atom. The first kappa shape index (κ1) is 40.0. The quantitative estimate of drug-likeness (QED) is 0.138. The Balaban J connectivity index is 0.972. The van der Waals surface area contributed by atoms with Gasteiger partial charge < -0.3 is 4.90 Å². The molecule has 2 aliphatic rings. The third-order valence-corrected chi connectivity index (χ3v) is 15.2. The molecule has 0 aromatic heterocycles. The van der Waals surface area contributed by atoms with Gasteiger partial charge in [-0.15, -0.1) is 0 Å². The van der Waals surface area contributed by atoms with E-state index in [9.17, 15) is 0 Å². The Hall–Kier alpha value is -7.52. The van der Waals surface area contributed by atoms with E-state index in [1.807, 2.05) is 0 Å². The van der Waals surface area contributed by atoms with Gasteiger partial charge >= 0.3 is 0 Å². The molecule has 2 nitrogen and oxygen atoms in total. The predicted molar refractivity (Wildman–Crippen MR) is 281 cm³/mol. The van der Waals surface area contributed by atoms with E-state index in [1.54, 1.807) is 0 Å². The normalized spacial score (nSPS) is 14.9. The van der Waals surface area contributed by atoms with Crippen LogP contribution in [0.4, 0.5) is 34.1 Å². The molecule has 0 aliphatic heterocycles. The van der Waals surface area contributed by atoms with Crippen LogP contribution in [0.3, 0.4) is 0 Å². The lowest BCUT2D eigenvalue weighted by atomic mass is 9.81. The van der Waals surface area contributed by atoms with Gasteiger partial charge in [0.1, 0.15) is 11.4 Å². The van der Waals surface area contributed by atoms with E-state index in [2.05, 4.69) is 258 Å². The maximum absolute atomic E-state index is 2.54. The van der Waals surface area contributed by atoms with Crippen molar-refractivity contribution in [2.45, 2.75) is 45.4 Å². The van der Waals surface area contributed by atoms with Gasteiger partial charge in [-0.2, -0.15) is 0 Å². The van der Waals surface area contributed by atoms with Gasteiger partial charge in [-0.25, -0.2) is 4.48 Å². The summed E-state index contributed by atoms with van der Waals surface area (Å²) in [5.41, 5.74) is 20.3. The van der Waals surface area contributed by atoms with Crippen molar-refractivity contribution in [2.75, 3.05) is 11.4 Å². The number of rotatable bonds is 8. The fourth-order valence-corrected chi connectivity index (χ4v) is 11.9. The summed E-state index contributed by atoms with van der Waals surface area (Å²) in [4.78, 5) is 2.45. The summed E-state index contributed by atoms with van der Waals surface area (Å²) in [6.07, 6.45) is 0. The third kappa shape index (κ3) is 5.78. The van der Waals surface area contributed by atoms with E-state index >= 15 is 0 Å². The van der Waals surface area contributed by atoms with Crippen LogP contribution in [0, 0.1) is 0 Å². The monoisotopic (exact) mass is 849 g/mol. The molecule has 66 heavy (non-hydrogen) atoms. The highest BCUT2D eigenvalue weighted by Gasteiger charge is 2.43. The van der Waals surface area contributed by atoms with Crippen LogP contribution in [0.2, 0.25) is 0 Å². The zero-order chi connectivity index (χ0) is 44.8. The van der Waals surface area contributed by atoms with Gasteiger partial charge in [0.25, 0.3) is 0 Å². The Morgan fingerprint density at radius 3 is 1.38 bits per heavy atom. The van der Waals surface area contributed by atoms with Crippen molar-refractivity contribution < 1.29 is 0 Å². The van der Waals surface area contributed by atoms with E-state index in [0.29, 0.717) is 4.48 Å². The molecule has 0 spiro atoms. The Morgan fingerprint density at radius 2 is 0.803 bits per heavy atom. The van der Waals surface area contributed by atoms with Gasteiger partial charge in [0.2, 0.25) is 0 Å². The summed E-state index contributed by atoms with van der Waals surface area (Å²) in [7, 11) is 0. The smallest absolute Gasteiger partial charge is 0.151 e. The number of quaternary nitrogens is 1. The highest BCUT2D eigenvalue weighted by Crippen LogP contribution is 2.57. The summed E-state index contributed by atoms with van der Waals surface area (Å²) in [6, 6.07) is 81.6. The summed E-state index contributed by atoms with van der Waals surface area (Å²) in [5.74, 6) is 0. The second kappa shape index (κ2) is 15.0. The van der Waals surface area contributed by atoms with Crippen LogP contribution in [0.1, 0.15) is 56.9 Å². The molecule has 12 rings (SSSR count). The van der Waals surface area contributed by atoms with Gasteiger partial charge in [-0.1, -0.05) is 167 Å².